The van der Waals surface area contributed by atoms with E-state index in [-0.39, 0.29) is 23.5 Å². The Morgan fingerprint density at radius 1 is 0.806 bits per heavy atom. The van der Waals surface area contributed by atoms with E-state index in [1.165, 1.54) is 12.1 Å². The average molecular weight is 414 g/mol. The number of hydrogen-bond acceptors (Lipinski definition) is 5. The van der Waals surface area contributed by atoms with Gasteiger partial charge in [0.15, 0.2) is 0 Å². The molecule has 31 heavy (non-hydrogen) atoms. The van der Waals surface area contributed by atoms with Gasteiger partial charge in [0.25, 0.3) is 0 Å². The number of aromatic carboxylic acids is 2. The number of carboxylic acids is 2. The van der Waals surface area contributed by atoms with E-state index in [9.17, 15) is 19.8 Å². The van der Waals surface area contributed by atoms with E-state index in [0.717, 1.165) is 5.39 Å². The monoisotopic (exact) mass is 414 g/mol. The summed E-state index contributed by atoms with van der Waals surface area (Å²) in [5.41, 5.74) is 2.60. The van der Waals surface area contributed by atoms with Gasteiger partial charge in [0.1, 0.15) is 17.9 Å². The van der Waals surface area contributed by atoms with Gasteiger partial charge in [-0.15, -0.1) is 0 Å². The van der Waals surface area contributed by atoms with E-state index in [2.05, 4.69) is 10.3 Å². The van der Waals surface area contributed by atoms with Crippen molar-refractivity contribution in [1.82, 2.24) is 4.98 Å². The Morgan fingerprint density at radius 2 is 1.45 bits per heavy atom. The molecule has 4 rings (SSSR count). The van der Waals surface area contributed by atoms with Crippen LogP contribution in [-0.2, 0) is 6.61 Å². The highest BCUT2D eigenvalue weighted by molar-refractivity contribution is 5.98. The molecule has 0 fully saturated rings. The first-order valence-electron chi connectivity index (χ1n) is 9.46. The standard InChI is InChI=1S/C24H18N2O5/c27-23(28)17-8-2-5-11-20(17)26-21-13-15(25-19-10-4-1-7-16(19)21)14-31-22-12-6-3-9-18(22)24(29)30/h1-13H,14H2,(H,25,26)(H,27,28)(H,29,30). The van der Waals surface area contributed by atoms with Gasteiger partial charge < -0.3 is 20.3 Å². The fourth-order valence-electron chi connectivity index (χ4n) is 3.25. The lowest BCUT2D eigenvalue weighted by molar-refractivity contribution is 0.0683. The van der Waals surface area contributed by atoms with Gasteiger partial charge in [0.2, 0.25) is 0 Å². The second-order valence-corrected chi connectivity index (χ2v) is 6.74. The number of fused-ring (bicyclic) bond motifs is 1. The zero-order valence-electron chi connectivity index (χ0n) is 16.3. The maximum atomic E-state index is 11.6. The van der Waals surface area contributed by atoms with Gasteiger partial charge in [-0.05, 0) is 36.4 Å². The van der Waals surface area contributed by atoms with E-state index in [4.69, 9.17) is 4.74 Å². The fourth-order valence-corrected chi connectivity index (χ4v) is 3.25. The predicted molar refractivity (Wildman–Crippen MR) is 116 cm³/mol. The van der Waals surface area contributed by atoms with Gasteiger partial charge in [0, 0.05) is 11.1 Å². The van der Waals surface area contributed by atoms with Crippen molar-refractivity contribution in [1.29, 1.82) is 0 Å². The van der Waals surface area contributed by atoms with Crippen LogP contribution in [0.2, 0.25) is 0 Å². The molecule has 0 atom stereocenters. The molecule has 0 spiro atoms. The average Bonchev–Trinajstić information content (AvgIpc) is 2.78. The molecule has 0 saturated heterocycles. The third-order valence-corrected chi connectivity index (χ3v) is 4.69. The Labute approximate surface area is 177 Å². The van der Waals surface area contributed by atoms with Gasteiger partial charge in [-0.1, -0.05) is 42.5 Å². The predicted octanol–water partition coefficient (Wildman–Crippen LogP) is 4.95. The van der Waals surface area contributed by atoms with E-state index < -0.39 is 11.9 Å². The summed E-state index contributed by atoms with van der Waals surface area (Å²) in [6.45, 7) is 0.0460. The van der Waals surface area contributed by atoms with Crippen molar-refractivity contribution in [2.45, 2.75) is 6.61 Å². The Kier molecular flexibility index (Phi) is 5.49. The molecule has 0 bridgehead atoms. The van der Waals surface area contributed by atoms with E-state index in [1.54, 1.807) is 42.5 Å². The number of pyridine rings is 1. The molecule has 0 aliphatic carbocycles. The third kappa shape index (κ3) is 4.30. The largest absolute Gasteiger partial charge is 0.486 e. The molecule has 0 saturated carbocycles. The molecule has 154 valence electrons. The number of para-hydroxylation sites is 3. The fraction of sp³-hybridized carbons (Fsp3) is 0.0417. The molecule has 0 radical (unpaired) electrons. The first-order valence-corrected chi connectivity index (χ1v) is 9.46. The van der Waals surface area contributed by atoms with Crippen molar-refractivity contribution in [2.24, 2.45) is 0 Å². The lowest BCUT2D eigenvalue weighted by atomic mass is 10.1. The minimum absolute atomic E-state index is 0.0460. The van der Waals surface area contributed by atoms with Crippen molar-refractivity contribution < 1.29 is 24.5 Å². The first-order chi connectivity index (χ1) is 15.0. The summed E-state index contributed by atoms with van der Waals surface area (Å²) in [5.74, 6) is -1.86. The van der Waals surface area contributed by atoms with Crippen LogP contribution in [0.1, 0.15) is 26.4 Å². The van der Waals surface area contributed by atoms with Crippen LogP contribution in [0, 0.1) is 0 Å². The van der Waals surface area contributed by atoms with Crippen LogP contribution in [0.25, 0.3) is 10.9 Å². The number of ether oxygens (including phenoxy) is 1. The molecular formula is C24H18N2O5. The summed E-state index contributed by atoms with van der Waals surface area (Å²) < 4.78 is 5.74. The summed E-state index contributed by atoms with van der Waals surface area (Å²) >= 11 is 0. The van der Waals surface area contributed by atoms with Gasteiger partial charge >= 0.3 is 11.9 Å². The summed E-state index contributed by atoms with van der Waals surface area (Å²) in [7, 11) is 0. The number of benzene rings is 3. The zero-order valence-corrected chi connectivity index (χ0v) is 16.3. The number of anilines is 2. The minimum atomic E-state index is -1.07. The van der Waals surface area contributed by atoms with Crippen LogP contribution in [0.3, 0.4) is 0 Å². The summed E-state index contributed by atoms with van der Waals surface area (Å²) in [6.07, 6.45) is 0. The Morgan fingerprint density at radius 3 is 2.23 bits per heavy atom. The second-order valence-electron chi connectivity index (χ2n) is 6.74. The van der Waals surface area contributed by atoms with Crippen molar-refractivity contribution >= 4 is 34.2 Å². The Hall–Kier alpha value is -4.39. The molecule has 3 N–H and O–H groups in total. The van der Waals surface area contributed by atoms with Crippen molar-refractivity contribution in [3.05, 3.63) is 95.7 Å². The van der Waals surface area contributed by atoms with Gasteiger partial charge in [0.05, 0.1) is 22.5 Å². The van der Waals surface area contributed by atoms with Crippen molar-refractivity contribution in [2.75, 3.05) is 5.32 Å². The lowest BCUT2D eigenvalue weighted by Gasteiger charge is -2.14. The zero-order chi connectivity index (χ0) is 21.8. The van der Waals surface area contributed by atoms with Gasteiger partial charge in [-0.2, -0.15) is 0 Å². The van der Waals surface area contributed by atoms with E-state index in [1.807, 2.05) is 24.3 Å². The minimum Gasteiger partial charge on any atom is -0.486 e. The molecule has 0 aliphatic rings. The highest BCUT2D eigenvalue weighted by atomic mass is 16.5. The molecule has 0 amide bonds. The highest BCUT2D eigenvalue weighted by Crippen LogP contribution is 2.29. The maximum absolute atomic E-state index is 11.6. The summed E-state index contributed by atoms with van der Waals surface area (Å²) in [5, 5.41) is 22.8. The second kappa shape index (κ2) is 8.54. The van der Waals surface area contributed by atoms with Crippen LogP contribution in [0.4, 0.5) is 11.4 Å². The van der Waals surface area contributed by atoms with E-state index >= 15 is 0 Å². The number of carbonyl (C=O) groups is 2. The summed E-state index contributed by atoms with van der Waals surface area (Å²) in [4.78, 5) is 27.6. The molecule has 4 aromatic rings. The van der Waals surface area contributed by atoms with Crippen molar-refractivity contribution in [3.63, 3.8) is 0 Å². The molecule has 0 unspecified atom stereocenters. The lowest BCUT2D eigenvalue weighted by Crippen LogP contribution is -2.06. The van der Waals surface area contributed by atoms with Crippen LogP contribution >= 0.6 is 0 Å². The number of nitrogens with one attached hydrogen (secondary N) is 1. The number of rotatable bonds is 7. The molecule has 3 aromatic carbocycles. The maximum Gasteiger partial charge on any atom is 0.339 e. The topological polar surface area (TPSA) is 109 Å². The number of aromatic nitrogens is 1. The number of nitrogens with zero attached hydrogens (tertiary/aromatic N) is 1. The number of hydrogen-bond donors (Lipinski definition) is 3. The Bertz CT molecular complexity index is 1290. The number of carboxylic acid groups (broad SMARTS) is 2. The Balaban J connectivity index is 1.69. The normalized spacial score (nSPS) is 10.6. The van der Waals surface area contributed by atoms with Crippen LogP contribution < -0.4 is 10.1 Å². The molecule has 0 aliphatic heterocycles. The SMILES string of the molecule is O=C(O)c1ccccc1Nc1cc(COc2ccccc2C(=O)O)nc2ccccc12. The molecule has 1 aromatic heterocycles. The van der Waals surface area contributed by atoms with Crippen LogP contribution in [0.15, 0.2) is 78.9 Å². The van der Waals surface area contributed by atoms with Crippen LogP contribution in [0.5, 0.6) is 5.75 Å². The molecule has 7 nitrogen and oxygen atoms in total. The molecule has 1 heterocycles. The summed E-state index contributed by atoms with van der Waals surface area (Å²) in [6, 6.07) is 22.3. The van der Waals surface area contributed by atoms with Gasteiger partial charge in [-0.3, -0.25) is 0 Å². The third-order valence-electron chi connectivity index (χ3n) is 4.69. The smallest absolute Gasteiger partial charge is 0.339 e. The molecule has 7 heteroatoms. The first kappa shape index (κ1) is 19.9. The van der Waals surface area contributed by atoms with Gasteiger partial charge in [-0.25, -0.2) is 14.6 Å². The van der Waals surface area contributed by atoms with E-state index in [0.29, 0.717) is 22.6 Å². The van der Waals surface area contributed by atoms with Crippen LogP contribution in [-0.4, -0.2) is 27.1 Å². The highest BCUT2D eigenvalue weighted by Gasteiger charge is 2.14. The molecular weight excluding hydrogens is 396 g/mol. The quantitative estimate of drug-likeness (QED) is 0.392. The van der Waals surface area contributed by atoms with Crippen molar-refractivity contribution in [3.8, 4) is 5.75 Å².